The average Bonchev–Trinajstić information content (AvgIpc) is 3.18. The highest BCUT2D eigenvalue weighted by atomic mass is 32.1. The van der Waals surface area contributed by atoms with Crippen LogP contribution < -0.4 is 4.90 Å². The molecule has 1 aliphatic heterocycles. The van der Waals surface area contributed by atoms with E-state index in [2.05, 4.69) is 4.98 Å². The van der Waals surface area contributed by atoms with Crippen molar-refractivity contribution >= 4 is 28.3 Å². The fraction of sp³-hybridized carbons (Fsp3) is 0.105. The van der Waals surface area contributed by atoms with E-state index in [1.54, 1.807) is 30.3 Å². The van der Waals surface area contributed by atoms with Gasteiger partial charge in [-0.15, -0.1) is 11.3 Å². The van der Waals surface area contributed by atoms with Crippen molar-refractivity contribution < 1.29 is 22.8 Å². The summed E-state index contributed by atoms with van der Waals surface area (Å²) in [6.07, 6.45) is -2.70. The van der Waals surface area contributed by atoms with Gasteiger partial charge in [0.1, 0.15) is 0 Å². The number of hydrogen-bond donors (Lipinski definition) is 0. The van der Waals surface area contributed by atoms with E-state index in [1.165, 1.54) is 12.3 Å². The summed E-state index contributed by atoms with van der Waals surface area (Å²) in [5.41, 5.74) is 0.390. The summed E-state index contributed by atoms with van der Waals surface area (Å²) in [4.78, 5) is 30.7. The predicted molar refractivity (Wildman–Crippen MR) is 93.9 cm³/mol. The number of carbonyl (C=O) groups is 2. The minimum atomic E-state index is -4.41. The minimum Gasteiger partial charge on any atom is -0.268 e. The van der Waals surface area contributed by atoms with Crippen LogP contribution in [0.15, 0.2) is 54.7 Å². The van der Waals surface area contributed by atoms with Crippen LogP contribution in [0.2, 0.25) is 0 Å². The summed E-state index contributed by atoms with van der Waals surface area (Å²) >= 11 is 1.11. The van der Waals surface area contributed by atoms with Crippen molar-refractivity contribution in [3.63, 3.8) is 0 Å². The maximum atomic E-state index is 12.8. The zero-order chi connectivity index (χ0) is 19.2. The maximum Gasteiger partial charge on any atom is 0.416 e. The first-order chi connectivity index (χ1) is 12.8. The second-order valence-corrected chi connectivity index (χ2v) is 7.07. The molecule has 0 fully saturated rings. The van der Waals surface area contributed by atoms with Gasteiger partial charge in [0.2, 0.25) is 0 Å². The van der Waals surface area contributed by atoms with E-state index in [0.717, 1.165) is 28.4 Å². The van der Waals surface area contributed by atoms with E-state index in [9.17, 15) is 22.8 Å². The lowest BCUT2D eigenvalue weighted by Gasteiger charge is -2.09. The van der Waals surface area contributed by atoms with Crippen LogP contribution in [0.5, 0.6) is 0 Å². The van der Waals surface area contributed by atoms with E-state index < -0.39 is 23.6 Å². The Kier molecular flexibility index (Phi) is 4.07. The lowest BCUT2D eigenvalue weighted by atomic mass is 10.1. The largest absolute Gasteiger partial charge is 0.416 e. The highest BCUT2D eigenvalue weighted by molar-refractivity contribution is 7.16. The standard InChI is InChI=1S/C19H11F3N2O2S/c20-19(21,22)12-5-3-4-11(8-12)9-13-10-23-18(27-13)24-16(25)14-6-1-2-7-15(14)17(24)26/h1-8,10H,9H2. The van der Waals surface area contributed by atoms with Gasteiger partial charge in [-0.05, 0) is 23.8 Å². The zero-order valence-electron chi connectivity index (χ0n) is 13.7. The van der Waals surface area contributed by atoms with Crippen molar-refractivity contribution in [2.45, 2.75) is 12.6 Å². The topological polar surface area (TPSA) is 50.3 Å². The Balaban J connectivity index is 1.59. The first kappa shape index (κ1) is 17.4. The van der Waals surface area contributed by atoms with Crippen molar-refractivity contribution in [1.82, 2.24) is 4.98 Å². The second-order valence-electron chi connectivity index (χ2n) is 5.98. The quantitative estimate of drug-likeness (QED) is 0.619. The average molecular weight is 388 g/mol. The molecule has 0 N–H and O–H groups in total. The molecule has 1 aromatic heterocycles. The van der Waals surface area contributed by atoms with E-state index >= 15 is 0 Å². The number of alkyl halides is 3. The van der Waals surface area contributed by atoms with E-state index in [0.29, 0.717) is 21.6 Å². The maximum absolute atomic E-state index is 12.8. The molecule has 2 heterocycles. The molecule has 0 unspecified atom stereocenters. The molecule has 8 heteroatoms. The smallest absolute Gasteiger partial charge is 0.268 e. The number of nitrogens with zero attached hydrogens (tertiary/aromatic N) is 2. The Morgan fingerprint density at radius 3 is 2.26 bits per heavy atom. The first-order valence-corrected chi connectivity index (χ1v) is 8.75. The Labute approximate surface area is 155 Å². The molecule has 0 radical (unpaired) electrons. The van der Waals surface area contributed by atoms with Gasteiger partial charge in [-0.1, -0.05) is 30.3 Å². The van der Waals surface area contributed by atoms with Gasteiger partial charge in [0, 0.05) is 17.5 Å². The third-order valence-corrected chi connectivity index (χ3v) is 5.14. The Hall–Kier alpha value is -3.00. The molecular formula is C19H11F3N2O2S. The monoisotopic (exact) mass is 388 g/mol. The van der Waals surface area contributed by atoms with Crippen molar-refractivity contribution in [3.8, 4) is 0 Å². The van der Waals surface area contributed by atoms with Crippen molar-refractivity contribution in [2.24, 2.45) is 0 Å². The van der Waals surface area contributed by atoms with Crippen molar-refractivity contribution in [1.29, 1.82) is 0 Å². The van der Waals surface area contributed by atoms with Crippen LogP contribution in [0.4, 0.5) is 18.3 Å². The summed E-state index contributed by atoms with van der Waals surface area (Å²) < 4.78 is 38.5. The molecule has 0 atom stereocenters. The molecule has 0 bridgehead atoms. The van der Waals surface area contributed by atoms with Crippen molar-refractivity contribution in [2.75, 3.05) is 4.90 Å². The molecule has 0 spiro atoms. The summed E-state index contributed by atoms with van der Waals surface area (Å²) in [5, 5.41) is 0.211. The number of amides is 2. The molecular weight excluding hydrogens is 377 g/mol. The molecule has 3 aromatic rings. The molecule has 0 saturated carbocycles. The van der Waals surface area contributed by atoms with Gasteiger partial charge < -0.3 is 0 Å². The van der Waals surface area contributed by atoms with Crippen LogP contribution in [0.1, 0.15) is 36.7 Å². The summed E-state index contributed by atoms with van der Waals surface area (Å²) in [6.45, 7) is 0. The summed E-state index contributed by atoms with van der Waals surface area (Å²) in [6, 6.07) is 11.5. The third kappa shape index (κ3) is 3.12. The number of halogens is 3. The van der Waals surface area contributed by atoms with Gasteiger partial charge in [-0.25, -0.2) is 9.88 Å². The number of benzene rings is 2. The van der Waals surface area contributed by atoms with Crippen molar-refractivity contribution in [3.05, 3.63) is 81.9 Å². The normalized spacial score (nSPS) is 14.0. The van der Waals surface area contributed by atoms with Gasteiger partial charge >= 0.3 is 6.18 Å². The van der Waals surface area contributed by atoms with E-state index in [1.807, 2.05) is 0 Å². The molecule has 1 aliphatic rings. The SMILES string of the molecule is O=C1c2ccccc2C(=O)N1c1ncc(Cc2cccc(C(F)(F)F)c2)s1. The van der Waals surface area contributed by atoms with Crippen LogP contribution in [0.25, 0.3) is 0 Å². The van der Waals surface area contributed by atoms with Gasteiger partial charge in [0.25, 0.3) is 11.8 Å². The molecule has 27 heavy (non-hydrogen) atoms. The number of carbonyl (C=O) groups excluding carboxylic acids is 2. The number of fused-ring (bicyclic) bond motifs is 1. The van der Waals surface area contributed by atoms with Crippen LogP contribution >= 0.6 is 11.3 Å². The molecule has 136 valence electrons. The Morgan fingerprint density at radius 1 is 0.963 bits per heavy atom. The number of rotatable bonds is 3. The Bertz CT molecular complexity index is 1020. The molecule has 4 rings (SSSR count). The van der Waals surface area contributed by atoms with Crippen LogP contribution in [-0.2, 0) is 12.6 Å². The number of anilines is 1. The molecule has 0 aliphatic carbocycles. The number of imide groups is 1. The Morgan fingerprint density at radius 2 is 1.63 bits per heavy atom. The first-order valence-electron chi connectivity index (χ1n) is 7.93. The van der Waals surface area contributed by atoms with Crippen LogP contribution in [0.3, 0.4) is 0 Å². The van der Waals surface area contributed by atoms with E-state index in [-0.39, 0.29) is 11.6 Å². The van der Waals surface area contributed by atoms with Gasteiger partial charge in [-0.2, -0.15) is 13.2 Å². The van der Waals surface area contributed by atoms with E-state index in [4.69, 9.17) is 0 Å². The number of hydrogen-bond acceptors (Lipinski definition) is 4. The van der Waals surface area contributed by atoms with Gasteiger partial charge in [0.05, 0.1) is 16.7 Å². The molecule has 4 nitrogen and oxygen atoms in total. The lowest BCUT2D eigenvalue weighted by Crippen LogP contribution is -2.29. The minimum absolute atomic E-state index is 0.211. The number of aromatic nitrogens is 1. The van der Waals surface area contributed by atoms with Crippen LogP contribution in [-0.4, -0.2) is 16.8 Å². The molecule has 2 aromatic carbocycles. The third-order valence-electron chi connectivity index (χ3n) is 4.16. The fourth-order valence-electron chi connectivity index (χ4n) is 2.90. The van der Waals surface area contributed by atoms with Crippen LogP contribution in [0, 0.1) is 0 Å². The highest BCUT2D eigenvalue weighted by Crippen LogP contribution is 2.33. The van der Waals surface area contributed by atoms with Gasteiger partial charge in [-0.3, -0.25) is 9.59 Å². The zero-order valence-corrected chi connectivity index (χ0v) is 14.5. The summed E-state index contributed by atoms with van der Waals surface area (Å²) in [7, 11) is 0. The molecule has 2 amide bonds. The number of thiazole rings is 1. The lowest BCUT2D eigenvalue weighted by molar-refractivity contribution is -0.137. The second kappa shape index (κ2) is 6.31. The summed E-state index contributed by atoms with van der Waals surface area (Å²) in [5.74, 6) is -0.897. The molecule has 0 saturated heterocycles. The fourth-order valence-corrected chi connectivity index (χ4v) is 3.85. The van der Waals surface area contributed by atoms with Gasteiger partial charge in [0.15, 0.2) is 5.13 Å². The predicted octanol–water partition coefficient (Wildman–Crippen LogP) is 4.55. The highest BCUT2D eigenvalue weighted by Gasteiger charge is 2.38.